The third kappa shape index (κ3) is 4.59. The van der Waals surface area contributed by atoms with Gasteiger partial charge in [-0.1, -0.05) is 23.5 Å². The maximum absolute atomic E-state index is 12.7. The molecule has 10 nitrogen and oxygen atoms in total. The molecule has 2 heterocycles. The number of para-hydroxylation sites is 1. The summed E-state index contributed by atoms with van der Waals surface area (Å²) in [5.41, 5.74) is 0.375. The fourth-order valence-corrected chi connectivity index (χ4v) is 4.43. The lowest BCUT2D eigenvalue weighted by atomic mass is 10.1. The molecule has 3 rings (SSSR count). The molecular weight excluding hydrogens is 394 g/mol. The van der Waals surface area contributed by atoms with E-state index in [4.69, 9.17) is 4.74 Å². The molecule has 0 aliphatic carbocycles. The number of sulfonamides is 1. The molecule has 1 aliphatic heterocycles. The molecule has 1 aromatic heterocycles. The van der Waals surface area contributed by atoms with E-state index >= 15 is 0 Å². The maximum atomic E-state index is 12.7. The van der Waals surface area contributed by atoms with Gasteiger partial charge >= 0.3 is 0 Å². The Morgan fingerprint density at radius 2 is 1.89 bits per heavy atom. The summed E-state index contributed by atoms with van der Waals surface area (Å²) in [6.45, 7) is 3.04. The van der Waals surface area contributed by atoms with Crippen LogP contribution < -0.4 is 10.0 Å². The van der Waals surface area contributed by atoms with Crippen LogP contribution in [0.1, 0.15) is 17.3 Å². The maximum Gasteiger partial charge on any atom is 0.291 e. The topological polar surface area (TPSA) is 131 Å². The highest BCUT2D eigenvalue weighted by atomic mass is 32.2. The average molecular weight is 411 g/mol. The number of ether oxygens (including phenoxy) is 1. The Bertz CT molecular complexity index is 953. The van der Waals surface area contributed by atoms with Gasteiger partial charge in [-0.05, 0) is 12.1 Å². The van der Waals surface area contributed by atoms with Gasteiger partial charge < -0.3 is 15.0 Å². The number of rotatable bonds is 5. The Morgan fingerprint density at radius 3 is 2.59 bits per heavy atom. The number of carbonyl (C=O) groups excluding carboxylic acids is 2. The number of hydrogen-bond donors (Lipinski definition) is 2. The largest absolute Gasteiger partial charge is 0.378 e. The molecule has 1 fully saturated rings. The van der Waals surface area contributed by atoms with Crippen LogP contribution in [0, 0.1) is 0 Å². The number of nitrogens with one attached hydrogen (secondary N) is 2. The van der Waals surface area contributed by atoms with Crippen LogP contribution in [-0.2, 0) is 19.6 Å². The van der Waals surface area contributed by atoms with Gasteiger partial charge in [0, 0.05) is 20.0 Å². The molecular formula is C15H17N5O5S2. The first-order valence-corrected chi connectivity index (χ1v) is 10.3. The summed E-state index contributed by atoms with van der Waals surface area (Å²) in [7, 11) is -4.07. The quantitative estimate of drug-likeness (QED) is 0.695. The highest BCUT2D eigenvalue weighted by molar-refractivity contribution is 7.94. The van der Waals surface area contributed by atoms with E-state index in [9.17, 15) is 18.0 Å². The molecule has 12 heteroatoms. The summed E-state index contributed by atoms with van der Waals surface area (Å²) in [5, 5.41) is 9.66. The van der Waals surface area contributed by atoms with Crippen molar-refractivity contribution >= 4 is 44.0 Å². The van der Waals surface area contributed by atoms with Gasteiger partial charge in [0.15, 0.2) is 0 Å². The normalized spacial score (nSPS) is 14.6. The van der Waals surface area contributed by atoms with Crippen molar-refractivity contribution in [2.24, 2.45) is 0 Å². The number of hydrogen-bond acceptors (Lipinski definition) is 8. The summed E-state index contributed by atoms with van der Waals surface area (Å²) in [6.07, 6.45) is 0. The van der Waals surface area contributed by atoms with Crippen LogP contribution in [0.3, 0.4) is 0 Å². The highest BCUT2D eigenvalue weighted by Crippen LogP contribution is 2.25. The number of aromatic nitrogens is 2. The Hall–Kier alpha value is -2.57. The SMILES string of the molecule is CC(=O)Nc1nnc(S(=O)(=O)Nc2ccccc2C(=O)N2CCOCC2)s1. The molecule has 2 amide bonds. The second kappa shape index (κ2) is 7.98. The summed E-state index contributed by atoms with van der Waals surface area (Å²) in [5.74, 6) is -0.669. The van der Waals surface area contributed by atoms with Crippen LogP contribution in [0.5, 0.6) is 0 Å². The van der Waals surface area contributed by atoms with Crippen molar-refractivity contribution in [3.8, 4) is 0 Å². The predicted molar refractivity (Wildman–Crippen MR) is 98.2 cm³/mol. The molecule has 1 aromatic carbocycles. The fourth-order valence-electron chi connectivity index (χ4n) is 2.40. The summed E-state index contributed by atoms with van der Waals surface area (Å²) >= 11 is 0.713. The van der Waals surface area contributed by atoms with Gasteiger partial charge in [-0.25, -0.2) is 0 Å². The molecule has 2 N–H and O–H groups in total. The minimum Gasteiger partial charge on any atom is -0.378 e. The molecule has 1 saturated heterocycles. The van der Waals surface area contributed by atoms with Crippen LogP contribution in [-0.4, -0.2) is 61.6 Å². The van der Waals surface area contributed by atoms with E-state index in [0.717, 1.165) is 0 Å². The van der Waals surface area contributed by atoms with Gasteiger partial charge in [0.2, 0.25) is 11.0 Å². The zero-order valence-electron chi connectivity index (χ0n) is 14.3. The van der Waals surface area contributed by atoms with Crippen molar-refractivity contribution in [2.75, 3.05) is 36.3 Å². The standard InChI is InChI=1S/C15H17N5O5S2/c1-10(21)16-14-17-18-15(26-14)27(23,24)19-12-5-3-2-4-11(12)13(22)20-6-8-25-9-7-20/h2-5,19H,6-9H2,1H3,(H,16,17,21). The molecule has 144 valence electrons. The fraction of sp³-hybridized carbons (Fsp3) is 0.333. The van der Waals surface area contributed by atoms with Crippen LogP contribution in [0.2, 0.25) is 0 Å². The number of amides is 2. The average Bonchev–Trinajstić information content (AvgIpc) is 3.11. The smallest absolute Gasteiger partial charge is 0.291 e. The van der Waals surface area contributed by atoms with E-state index in [-0.39, 0.29) is 32.5 Å². The third-order valence-electron chi connectivity index (χ3n) is 3.62. The number of morpholine rings is 1. The van der Waals surface area contributed by atoms with Crippen molar-refractivity contribution in [3.63, 3.8) is 0 Å². The zero-order valence-corrected chi connectivity index (χ0v) is 16.0. The second-order valence-corrected chi connectivity index (χ2v) is 8.44. The molecule has 1 aliphatic rings. The number of nitrogens with zero attached hydrogens (tertiary/aromatic N) is 3. The van der Waals surface area contributed by atoms with Crippen molar-refractivity contribution in [3.05, 3.63) is 29.8 Å². The van der Waals surface area contributed by atoms with Crippen molar-refractivity contribution < 1.29 is 22.7 Å². The Labute approximate surface area is 159 Å². The Kier molecular flexibility index (Phi) is 5.68. The first-order valence-electron chi connectivity index (χ1n) is 7.97. The van der Waals surface area contributed by atoms with Gasteiger partial charge in [-0.3, -0.25) is 14.3 Å². The first kappa shape index (κ1) is 19.2. The minimum atomic E-state index is -4.07. The number of carbonyl (C=O) groups is 2. The second-order valence-electron chi connectivity index (χ2n) is 5.61. The van der Waals surface area contributed by atoms with E-state index in [0.29, 0.717) is 37.6 Å². The van der Waals surface area contributed by atoms with Crippen LogP contribution in [0.15, 0.2) is 28.6 Å². The first-order chi connectivity index (χ1) is 12.9. The van der Waals surface area contributed by atoms with Crippen molar-refractivity contribution in [1.29, 1.82) is 0 Å². The van der Waals surface area contributed by atoms with Gasteiger partial charge in [0.05, 0.1) is 24.5 Å². The lowest BCUT2D eigenvalue weighted by molar-refractivity contribution is -0.114. The molecule has 27 heavy (non-hydrogen) atoms. The molecule has 0 radical (unpaired) electrons. The number of benzene rings is 1. The summed E-state index contributed by atoms with van der Waals surface area (Å²) < 4.78 is 32.5. The van der Waals surface area contributed by atoms with Gasteiger partial charge in [-0.2, -0.15) is 8.42 Å². The van der Waals surface area contributed by atoms with Crippen LogP contribution >= 0.6 is 11.3 Å². The highest BCUT2D eigenvalue weighted by Gasteiger charge is 2.25. The van der Waals surface area contributed by atoms with E-state index in [1.807, 2.05) is 0 Å². The summed E-state index contributed by atoms with van der Waals surface area (Å²) in [6, 6.07) is 6.33. The zero-order chi connectivity index (χ0) is 19.4. The molecule has 0 bridgehead atoms. The van der Waals surface area contributed by atoms with Crippen LogP contribution in [0.25, 0.3) is 0 Å². The molecule has 0 saturated carbocycles. The Morgan fingerprint density at radius 1 is 1.19 bits per heavy atom. The van der Waals surface area contributed by atoms with Crippen LogP contribution in [0.4, 0.5) is 10.8 Å². The number of anilines is 2. The lowest BCUT2D eigenvalue weighted by Crippen LogP contribution is -2.41. The lowest BCUT2D eigenvalue weighted by Gasteiger charge is -2.27. The summed E-state index contributed by atoms with van der Waals surface area (Å²) in [4.78, 5) is 25.4. The molecule has 2 aromatic rings. The van der Waals surface area contributed by atoms with Gasteiger partial charge in [0.1, 0.15) is 0 Å². The van der Waals surface area contributed by atoms with Gasteiger partial charge in [0.25, 0.3) is 20.3 Å². The minimum absolute atomic E-state index is 0.0700. The van der Waals surface area contributed by atoms with E-state index in [1.165, 1.54) is 13.0 Å². The molecule has 0 atom stereocenters. The third-order valence-corrected chi connectivity index (χ3v) is 6.19. The monoisotopic (exact) mass is 411 g/mol. The Balaban J connectivity index is 1.83. The van der Waals surface area contributed by atoms with Crippen molar-refractivity contribution in [2.45, 2.75) is 11.3 Å². The van der Waals surface area contributed by atoms with Crippen molar-refractivity contribution in [1.82, 2.24) is 15.1 Å². The van der Waals surface area contributed by atoms with E-state index < -0.39 is 10.0 Å². The molecule has 0 unspecified atom stereocenters. The predicted octanol–water partition coefficient (Wildman–Crippen LogP) is 0.770. The van der Waals surface area contributed by atoms with E-state index in [2.05, 4.69) is 20.2 Å². The van der Waals surface area contributed by atoms with E-state index in [1.54, 1.807) is 23.1 Å². The molecule has 0 spiro atoms. The van der Waals surface area contributed by atoms with Gasteiger partial charge in [-0.15, -0.1) is 10.2 Å².